The molecule has 0 unspecified atom stereocenters. The van der Waals surface area contributed by atoms with Crippen molar-refractivity contribution in [1.82, 2.24) is 0 Å². The molecule has 0 aromatic heterocycles. The summed E-state index contributed by atoms with van der Waals surface area (Å²) in [6.45, 7) is 2.47. The summed E-state index contributed by atoms with van der Waals surface area (Å²) in [4.78, 5) is 10.4. The molecule has 1 rings (SSSR count). The predicted octanol–water partition coefficient (Wildman–Crippen LogP) is 3.10. The first-order valence-corrected chi connectivity index (χ1v) is 6.77. The summed E-state index contributed by atoms with van der Waals surface area (Å²) in [5, 5.41) is 14.4. The van der Waals surface area contributed by atoms with E-state index in [9.17, 15) is 10.1 Å². The molecule has 0 bridgehead atoms. The predicted molar refractivity (Wildman–Crippen MR) is 78.5 cm³/mol. The normalized spacial score (nSPS) is 10.5. The number of anilines is 1. The van der Waals surface area contributed by atoms with E-state index >= 15 is 0 Å². The van der Waals surface area contributed by atoms with Crippen molar-refractivity contribution >= 4 is 23.0 Å². The van der Waals surface area contributed by atoms with Gasteiger partial charge < -0.3 is 14.8 Å². The van der Waals surface area contributed by atoms with Crippen LogP contribution in [0.25, 0.3) is 0 Å². The lowest BCUT2D eigenvalue weighted by atomic mass is 10.2. The van der Waals surface area contributed by atoms with Gasteiger partial charge in [-0.15, -0.1) is 0 Å². The number of nitro groups is 1. The molecule has 0 aliphatic rings. The number of rotatable bonds is 10. The minimum absolute atomic E-state index is 0.0331. The molecule has 0 atom stereocenters. The highest BCUT2D eigenvalue weighted by molar-refractivity contribution is 6.31. The van der Waals surface area contributed by atoms with E-state index in [0.717, 1.165) is 12.8 Å². The van der Waals surface area contributed by atoms with Gasteiger partial charge in [-0.2, -0.15) is 0 Å². The van der Waals surface area contributed by atoms with Gasteiger partial charge in [0.15, 0.2) is 0 Å². The van der Waals surface area contributed by atoms with Gasteiger partial charge in [-0.25, -0.2) is 0 Å². The van der Waals surface area contributed by atoms with Gasteiger partial charge in [-0.05, 0) is 25.0 Å². The van der Waals surface area contributed by atoms with Crippen LogP contribution in [0.5, 0.6) is 0 Å². The van der Waals surface area contributed by atoms with Crippen molar-refractivity contribution in [2.24, 2.45) is 0 Å². The molecule has 20 heavy (non-hydrogen) atoms. The standard InChI is InChI=1S/C13H19ClN2O4/c1-19-8-9-20-7-3-2-6-15-12-10-11(14)4-5-13(12)16(17)18/h4-5,10,15H,2-3,6-9H2,1H3. The van der Waals surface area contributed by atoms with E-state index in [1.54, 1.807) is 13.2 Å². The highest BCUT2D eigenvalue weighted by atomic mass is 35.5. The largest absolute Gasteiger partial charge is 0.382 e. The second-order valence-electron chi connectivity index (χ2n) is 4.16. The number of methoxy groups -OCH3 is 1. The van der Waals surface area contributed by atoms with Gasteiger partial charge in [0.2, 0.25) is 0 Å². The van der Waals surface area contributed by atoms with Crippen LogP contribution >= 0.6 is 11.6 Å². The number of hydrogen-bond donors (Lipinski definition) is 1. The van der Waals surface area contributed by atoms with Crippen LogP contribution in [-0.2, 0) is 9.47 Å². The Hall–Kier alpha value is -1.37. The molecule has 1 aromatic rings. The number of nitrogens with one attached hydrogen (secondary N) is 1. The zero-order chi connectivity index (χ0) is 14.8. The Kier molecular flexibility index (Phi) is 7.94. The van der Waals surface area contributed by atoms with Crippen molar-refractivity contribution in [2.45, 2.75) is 12.8 Å². The molecule has 0 aliphatic carbocycles. The van der Waals surface area contributed by atoms with Crippen molar-refractivity contribution in [3.05, 3.63) is 33.3 Å². The van der Waals surface area contributed by atoms with Crippen molar-refractivity contribution in [3.8, 4) is 0 Å². The van der Waals surface area contributed by atoms with Crippen molar-refractivity contribution < 1.29 is 14.4 Å². The van der Waals surface area contributed by atoms with Crippen molar-refractivity contribution in [1.29, 1.82) is 0 Å². The summed E-state index contributed by atoms with van der Waals surface area (Å²) < 4.78 is 10.2. The molecule has 0 radical (unpaired) electrons. The fourth-order valence-corrected chi connectivity index (χ4v) is 1.78. The van der Waals surface area contributed by atoms with Crippen LogP contribution in [0.1, 0.15) is 12.8 Å². The molecule has 6 nitrogen and oxygen atoms in total. The average molecular weight is 303 g/mol. The van der Waals surface area contributed by atoms with E-state index < -0.39 is 4.92 Å². The van der Waals surface area contributed by atoms with Gasteiger partial charge in [0.1, 0.15) is 5.69 Å². The number of halogens is 1. The van der Waals surface area contributed by atoms with Crippen LogP contribution in [0, 0.1) is 10.1 Å². The fraction of sp³-hybridized carbons (Fsp3) is 0.538. The number of ether oxygens (including phenoxy) is 2. The molecule has 0 saturated carbocycles. The van der Waals surface area contributed by atoms with E-state index in [1.807, 2.05) is 0 Å². The van der Waals surface area contributed by atoms with Gasteiger partial charge in [0.05, 0.1) is 18.1 Å². The maximum Gasteiger partial charge on any atom is 0.292 e. The third-order valence-corrected chi connectivity index (χ3v) is 2.85. The summed E-state index contributed by atoms with van der Waals surface area (Å²) in [5.74, 6) is 0. The van der Waals surface area contributed by atoms with E-state index in [1.165, 1.54) is 12.1 Å². The van der Waals surface area contributed by atoms with Crippen LogP contribution in [0.15, 0.2) is 18.2 Å². The Morgan fingerprint density at radius 2 is 2.10 bits per heavy atom. The van der Waals surface area contributed by atoms with Crippen LogP contribution in [0.4, 0.5) is 11.4 Å². The van der Waals surface area contributed by atoms with Crippen molar-refractivity contribution in [2.75, 3.05) is 38.8 Å². The Labute approximate surface area is 123 Å². The third-order valence-electron chi connectivity index (χ3n) is 2.62. The third kappa shape index (κ3) is 6.18. The monoisotopic (exact) mass is 302 g/mol. The minimum Gasteiger partial charge on any atom is -0.382 e. The SMILES string of the molecule is COCCOCCCCNc1cc(Cl)ccc1[N+](=O)[O-]. The van der Waals surface area contributed by atoms with Crippen LogP contribution in [0.3, 0.4) is 0 Å². The molecule has 7 heteroatoms. The number of hydrogen-bond acceptors (Lipinski definition) is 5. The molecule has 0 heterocycles. The maximum absolute atomic E-state index is 10.9. The van der Waals surface area contributed by atoms with Crippen LogP contribution in [0.2, 0.25) is 5.02 Å². The topological polar surface area (TPSA) is 73.6 Å². The fourth-order valence-electron chi connectivity index (χ4n) is 1.61. The summed E-state index contributed by atoms with van der Waals surface area (Å²) in [6, 6.07) is 4.47. The van der Waals surface area contributed by atoms with E-state index in [4.69, 9.17) is 21.1 Å². The lowest BCUT2D eigenvalue weighted by Crippen LogP contribution is -2.07. The lowest BCUT2D eigenvalue weighted by Gasteiger charge is -2.08. The second-order valence-corrected chi connectivity index (χ2v) is 4.59. The molecule has 112 valence electrons. The molecular weight excluding hydrogens is 284 g/mol. The van der Waals surface area contributed by atoms with Crippen LogP contribution in [-0.4, -0.2) is 38.4 Å². The molecule has 0 spiro atoms. The summed E-state index contributed by atoms with van der Waals surface area (Å²) in [5.41, 5.74) is 0.480. The average Bonchev–Trinajstić information content (AvgIpc) is 2.41. The van der Waals surface area contributed by atoms with E-state index in [0.29, 0.717) is 37.1 Å². The van der Waals surface area contributed by atoms with Gasteiger partial charge in [0, 0.05) is 31.4 Å². The van der Waals surface area contributed by atoms with E-state index in [-0.39, 0.29) is 5.69 Å². The maximum atomic E-state index is 10.9. The Balaban J connectivity index is 2.28. The quantitative estimate of drug-likeness (QED) is 0.408. The first-order valence-electron chi connectivity index (χ1n) is 6.39. The smallest absolute Gasteiger partial charge is 0.292 e. The first kappa shape index (κ1) is 16.7. The summed E-state index contributed by atoms with van der Waals surface area (Å²) >= 11 is 5.84. The molecule has 1 aromatic carbocycles. The second kappa shape index (κ2) is 9.52. The van der Waals surface area contributed by atoms with E-state index in [2.05, 4.69) is 5.32 Å². The summed E-state index contributed by atoms with van der Waals surface area (Å²) in [7, 11) is 1.63. The van der Waals surface area contributed by atoms with Gasteiger partial charge in [0.25, 0.3) is 5.69 Å². The molecular formula is C13H19ClN2O4. The Morgan fingerprint density at radius 3 is 2.80 bits per heavy atom. The number of unbranched alkanes of at least 4 members (excludes halogenated alkanes) is 1. The number of nitro benzene ring substituents is 1. The molecule has 0 fully saturated rings. The molecule has 0 saturated heterocycles. The summed E-state index contributed by atoms with van der Waals surface area (Å²) in [6.07, 6.45) is 1.74. The lowest BCUT2D eigenvalue weighted by molar-refractivity contribution is -0.384. The molecule has 0 amide bonds. The number of benzene rings is 1. The van der Waals surface area contributed by atoms with Gasteiger partial charge >= 0.3 is 0 Å². The zero-order valence-electron chi connectivity index (χ0n) is 11.4. The first-order chi connectivity index (χ1) is 9.65. The zero-order valence-corrected chi connectivity index (χ0v) is 12.2. The van der Waals surface area contributed by atoms with Crippen molar-refractivity contribution in [3.63, 3.8) is 0 Å². The van der Waals surface area contributed by atoms with Gasteiger partial charge in [-0.3, -0.25) is 10.1 Å². The highest BCUT2D eigenvalue weighted by Crippen LogP contribution is 2.27. The number of nitrogens with zero attached hydrogens (tertiary/aromatic N) is 1. The highest BCUT2D eigenvalue weighted by Gasteiger charge is 2.12. The Morgan fingerprint density at radius 1 is 1.30 bits per heavy atom. The van der Waals surface area contributed by atoms with Gasteiger partial charge in [-0.1, -0.05) is 11.6 Å². The minimum atomic E-state index is -0.424. The van der Waals surface area contributed by atoms with Crippen LogP contribution < -0.4 is 5.32 Å². The molecule has 0 aliphatic heterocycles. The Bertz CT molecular complexity index is 429. The molecule has 1 N–H and O–H groups in total.